The Kier molecular flexibility index (Phi) is 3.87. The molecule has 0 spiro atoms. The molecule has 2 heteroatoms. The van der Waals surface area contributed by atoms with Crippen LogP contribution in [-0.4, -0.2) is 5.11 Å². The van der Waals surface area contributed by atoms with Gasteiger partial charge in [0.1, 0.15) is 5.75 Å². The molecular weight excluding hydrogens is 192 g/mol. The number of unbranched alkanes of at least 4 members (excludes halogenated alkanes) is 1. The first kappa shape index (κ1) is 11.4. The summed E-state index contributed by atoms with van der Waals surface area (Å²) >= 11 is 4.32. The van der Waals surface area contributed by atoms with Crippen molar-refractivity contribution in [3.05, 3.63) is 22.8 Å². The lowest BCUT2D eigenvalue weighted by molar-refractivity contribution is 0.464. The van der Waals surface area contributed by atoms with Gasteiger partial charge in [0.25, 0.3) is 0 Å². The Balaban J connectivity index is 3.09. The lowest BCUT2D eigenvalue weighted by Crippen LogP contribution is -1.94. The lowest BCUT2D eigenvalue weighted by Gasteiger charge is -2.12. The van der Waals surface area contributed by atoms with Gasteiger partial charge in [-0.15, -0.1) is 12.6 Å². The molecule has 1 nitrogen and oxygen atoms in total. The molecule has 0 bridgehead atoms. The lowest BCUT2D eigenvalue weighted by atomic mass is 9.98. The first-order valence-electron chi connectivity index (χ1n) is 5.09. The Morgan fingerprint density at radius 2 is 1.93 bits per heavy atom. The number of thiol groups is 1. The molecule has 1 aromatic rings. The van der Waals surface area contributed by atoms with E-state index >= 15 is 0 Å². The molecule has 0 aromatic heterocycles. The summed E-state index contributed by atoms with van der Waals surface area (Å²) < 4.78 is 0. The summed E-state index contributed by atoms with van der Waals surface area (Å²) in [7, 11) is 0. The van der Waals surface area contributed by atoms with Gasteiger partial charge in [0, 0.05) is 4.90 Å². The Morgan fingerprint density at radius 3 is 2.50 bits per heavy atom. The number of phenols is 1. The smallest absolute Gasteiger partial charge is 0.120 e. The average Bonchev–Trinajstić information content (AvgIpc) is 2.14. The van der Waals surface area contributed by atoms with Crippen LogP contribution in [0.5, 0.6) is 5.75 Å². The minimum atomic E-state index is 0.395. The molecule has 0 saturated carbocycles. The van der Waals surface area contributed by atoms with E-state index < -0.39 is 0 Å². The average molecular weight is 210 g/mol. The zero-order valence-electron chi connectivity index (χ0n) is 9.09. The number of rotatable bonds is 3. The van der Waals surface area contributed by atoms with Crippen LogP contribution in [0.25, 0.3) is 0 Å². The second-order valence-corrected chi connectivity index (χ2v) is 4.23. The van der Waals surface area contributed by atoms with Crippen molar-refractivity contribution in [2.24, 2.45) is 0 Å². The van der Waals surface area contributed by atoms with Crippen molar-refractivity contribution in [3.63, 3.8) is 0 Å². The molecule has 14 heavy (non-hydrogen) atoms. The van der Waals surface area contributed by atoms with E-state index in [-0.39, 0.29) is 0 Å². The largest absolute Gasteiger partial charge is 0.508 e. The molecule has 0 atom stereocenters. The second-order valence-electron chi connectivity index (χ2n) is 3.75. The van der Waals surface area contributed by atoms with E-state index in [1.54, 1.807) is 6.07 Å². The fourth-order valence-corrected chi connectivity index (χ4v) is 1.89. The minimum Gasteiger partial charge on any atom is -0.508 e. The van der Waals surface area contributed by atoms with E-state index in [9.17, 15) is 5.11 Å². The van der Waals surface area contributed by atoms with E-state index in [0.29, 0.717) is 5.75 Å². The van der Waals surface area contributed by atoms with E-state index in [0.717, 1.165) is 29.7 Å². The zero-order chi connectivity index (χ0) is 10.7. The second kappa shape index (κ2) is 4.74. The van der Waals surface area contributed by atoms with Crippen LogP contribution < -0.4 is 0 Å². The highest BCUT2D eigenvalue weighted by molar-refractivity contribution is 7.80. The molecule has 78 valence electrons. The Bertz CT molecular complexity index is 332. The van der Waals surface area contributed by atoms with Gasteiger partial charge in [-0.3, -0.25) is 0 Å². The van der Waals surface area contributed by atoms with Gasteiger partial charge in [-0.25, -0.2) is 0 Å². The highest BCUT2D eigenvalue weighted by Crippen LogP contribution is 2.30. The topological polar surface area (TPSA) is 20.2 Å². The highest BCUT2D eigenvalue weighted by Gasteiger charge is 2.09. The summed E-state index contributed by atoms with van der Waals surface area (Å²) in [5.41, 5.74) is 3.45. The number of phenolic OH excluding ortho intramolecular Hbond substituents is 1. The van der Waals surface area contributed by atoms with Crippen LogP contribution >= 0.6 is 12.6 Å². The third kappa shape index (κ3) is 2.24. The quantitative estimate of drug-likeness (QED) is 0.730. The predicted octanol–water partition coefficient (Wildman–Crippen LogP) is 3.64. The molecule has 0 amide bonds. The molecule has 1 rings (SSSR count). The van der Waals surface area contributed by atoms with Gasteiger partial charge >= 0.3 is 0 Å². The fourth-order valence-electron chi connectivity index (χ4n) is 1.60. The van der Waals surface area contributed by atoms with E-state index in [2.05, 4.69) is 26.5 Å². The van der Waals surface area contributed by atoms with Crippen LogP contribution in [0.2, 0.25) is 0 Å². The van der Waals surface area contributed by atoms with Crippen molar-refractivity contribution in [1.82, 2.24) is 0 Å². The molecule has 0 heterocycles. The zero-order valence-corrected chi connectivity index (χ0v) is 9.99. The molecule has 1 aromatic carbocycles. The maximum absolute atomic E-state index is 9.77. The summed E-state index contributed by atoms with van der Waals surface area (Å²) in [6.45, 7) is 6.26. The monoisotopic (exact) mass is 210 g/mol. The first-order valence-corrected chi connectivity index (χ1v) is 5.53. The summed E-state index contributed by atoms with van der Waals surface area (Å²) in [5.74, 6) is 0.395. The predicted molar refractivity (Wildman–Crippen MR) is 63.4 cm³/mol. The van der Waals surface area contributed by atoms with Crippen molar-refractivity contribution in [2.45, 2.75) is 44.9 Å². The Labute approximate surface area is 91.6 Å². The molecule has 0 fully saturated rings. The molecular formula is C12H18OS. The Hall–Kier alpha value is -0.630. The molecule has 0 aliphatic carbocycles. The third-order valence-corrected chi connectivity index (χ3v) is 3.23. The molecule has 0 saturated heterocycles. The normalized spacial score (nSPS) is 10.6. The van der Waals surface area contributed by atoms with Crippen molar-refractivity contribution >= 4 is 12.6 Å². The number of hydrogen-bond acceptors (Lipinski definition) is 2. The van der Waals surface area contributed by atoms with Crippen molar-refractivity contribution in [2.75, 3.05) is 0 Å². The van der Waals surface area contributed by atoms with Gasteiger partial charge in [-0.05, 0) is 49.4 Å². The maximum Gasteiger partial charge on any atom is 0.120 e. The maximum atomic E-state index is 9.77. The van der Waals surface area contributed by atoms with Crippen LogP contribution in [0, 0.1) is 13.8 Å². The standard InChI is InChI=1S/C12H18OS/c1-4-5-6-10-8(2)9(3)12(14)7-11(10)13/h7,13-14H,4-6H2,1-3H3. The van der Waals surface area contributed by atoms with Gasteiger partial charge in [0.2, 0.25) is 0 Å². The van der Waals surface area contributed by atoms with Crippen LogP contribution in [0.4, 0.5) is 0 Å². The van der Waals surface area contributed by atoms with Crippen LogP contribution in [0.15, 0.2) is 11.0 Å². The number of hydrogen-bond donors (Lipinski definition) is 2. The molecule has 1 N–H and O–H groups in total. The van der Waals surface area contributed by atoms with Gasteiger partial charge in [-0.2, -0.15) is 0 Å². The van der Waals surface area contributed by atoms with E-state index in [4.69, 9.17) is 0 Å². The van der Waals surface area contributed by atoms with Gasteiger partial charge in [-0.1, -0.05) is 13.3 Å². The Morgan fingerprint density at radius 1 is 1.29 bits per heavy atom. The van der Waals surface area contributed by atoms with Crippen molar-refractivity contribution in [1.29, 1.82) is 0 Å². The van der Waals surface area contributed by atoms with Crippen molar-refractivity contribution in [3.8, 4) is 5.75 Å². The van der Waals surface area contributed by atoms with Crippen LogP contribution in [0.3, 0.4) is 0 Å². The minimum absolute atomic E-state index is 0.395. The molecule has 0 aliphatic rings. The molecule has 0 aliphatic heterocycles. The van der Waals surface area contributed by atoms with E-state index in [1.165, 1.54) is 11.1 Å². The van der Waals surface area contributed by atoms with Crippen LogP contribution in [-0.2, 0) is 6.42 Å². The van der Waals surface area contributed by atoms with Gasteiger partial charge in [0.15, 0.2) is 0 Å². The summed E-state index contributed by atoms with van der Waals surface area (Å²) in [5, 5.41) is 9.77. The van der Waals surface area contributed by atoms with Gasteiger partial charge < -0.3 is 5.11 Å². The fraction of sp³-hybridized carbons (Fsp3) is 0.500. The number of aromatic hydroxyl groups is 1. The van der Waals surface area contributed by atoms with E-state index in [1.807, 2.05) is 6.92 Å². The van der Waals surface area contributed by atoms with Crippen molar-refractivity contribution < 1.29 is 5.11 Å². The summed E-state index contributed by atoms with van der Waals surface area (Å²) in [4.78, 5) is 0.875. The SMILES string of the molecule is CCCCc1c(O)cc(S)c(C)c1C. The first-order chi connectivity index (χ1) is 6.57. The number of benzene rings is 1. The summed E-state index contributed by atoms with van der Waals surface area (Å²) in [6.07, 6.45) is 3.24. The molecule has 0 unspecified atom stereocenters. The third-order valence-electron chi connectivity index (χ3n) is 2.76. The summed E-state index contributed by atoms with van der Waals surface area (Å²) in [6, 6.07) is 1.75. The van der Waals surface area contributed by atoms with Gasteiger partial charge in [0.05, 0.1) is 0 Å². The highest BCUT2D eigenvalue weighted by atomic mass is 32.1. The van der Waals surface area contributed by atoms with Crippen LogP contribution in [0.1, 0.15) is 36.5 Å². The molecule has 0 radical (unpaired) electrons.